The summed E-state index contributed by atoms with van der Waals surface area (Å²) < 4.78 is 11.4. The summed E-state index contributed by atoms with van der Waals surface area (Å²) in [6.45, 7) is 3.86. The van der Waals surface area contributed by atoms with E-state index in [0.717, 1.165) is 9.14 Å². The van der Waals surface area contributed by atoms with E-state index in [-0.39, 0.29) is 13.2 Å². The summed E-state index contributed by atoms with van der Waals surface area (Å²) in [4.78, 5) is 24.1. The van der Waals surface area contributed by atoms with Gasteiger partial charge in [-0.15, -0.1) is 0 Å². The molecule has 0 radical (unpaired) electrons. The second-order valence-electron chi connectivity index (χ2n) is 3.97. The van der Waals surface area contributed by atoms with E-state index in [1.54, 1.807) is 13.8 Å². The Balaban J connectivity index is 3.17. The molecule has 21 heavy (non-hydrogen) atoms. The fourth-order valence-electron chi connectivity index (χ4n) is 1.60. The molecule has 0 spiro atoms. The Morgan fingerprint density at radius 2 is 1.48 bits per heavy atom. The van der Waals surface area contributed by atoms with Crippen LogP contribution in [0.5, 0.6) is 0 Å². The van der Waals surface area contributed by atoms with Gasteiger partial charge in [0.25, 0.3) is 0 Å². The number of esters is 2. The maximum absolute atomic E-state index is 12.1. The van der Waals surface area contributed by atoms with Gasteiger partial charge in [0.1, 0.15) is 0 Å². The molecule has 0 N–H and O–H groups in total. The first-order valence-corrected chi connectivity index (χ1v) is 8.62. The Hall–Kier alpha value is -0.640. The molecule has 114 valence electrons. The zero-order valence-electron chi connectivity index (χ0n) is 11.8. The van der Waals surface area contributed by atoms with Crippen LogP contribution in [0.25, 0.3) is 3.58 Å². The largest absolute Gasteiger partial charge is 0.465 e. The lowest BCUT2D eigenvalue weighted by Crippen LogP contribution is -2.28. The first-order chi connectivity index (χ1) is 10.0. The third kappa shape index (κ3) is 5.24. The molecule has 1 rings (SSSR count). The summed E-state index contributed by atoms with van der Waals surface area (Å²) in [5.41, 5.74) is 0.945. The van der Waals surface area contributed by atoms with Gasteiger partial charge in [-0.05, 0) is 64.6 Å². The van der Waals surface area contributed by atoms with E-state index in [2.05, 4.69) is 22.6 Å². The van der Waals surface area contributed by atoms with Gasteiger partial charge in [0, 0.05) is 7.16 Å². The van der Waals surface area contributed by atoms with E-state index in [9.17, 15) is 9.59 Å². The Labute approximate surface area is 151 Å². The van der Waals surface area contributed by atoms with Crippen LogP contribution in [0, 0.1) is 5.92 Å². The highest BCUT2D eigenvalue weighted by Gasteiger charge is 2.34. The average molecular weight is 514 g/mol. The second-order valence-corrected chi connectivity index (χ2v) is 6.21. The molecule has 4 nitrogen and oxygen atoms in total. The highest BCUT2D eigenvalue weighted by Crippen LogP contribution is 2.35. The van der Waals surface area contributed by atoms with Crippen molar-refractivity contribution in [2.75, 3.05) is 13.2 Å². The van der Waals surface area contributed by atoms with Crippen molar-refractivity contribution in [3.8, 4) is 0 Å². The maximum atomic E-state index is 12.1. The number of carbonyl (C=O) groups is 2. The molecule has 6 heteroatoms. The summed E-state index contributed by atoms with van der Waals surface area (Å²) in [6.07, 6.45) is 0. The van der Waals surface area contributed by atoms with Gasteiger partial charge in [0.2, 0.25) is 0 Å². The SMILES string of the molecule is CCOC(=O)C(C(=O)OCC)/C(I)=C(\I)c1ccccc1. The fourth-order valence-corrected chi connectivity index (χ4v) is 3.09. The third-order valence-electron chi connectivity index (χ3n) is 2.53. The number of rotatable bonds is 6. The van der Waals surface area contributed by atoms with Crippen LogP contribution in [-0.4, -0.2) is 25.2 Å². The van der Waals surface area contributed by atoms with Gasteiger partial charge in [-0.3, -0.25) is 9.59 Å². The van der Waals surface area contributed by atoms with Crippen molar-refractivity contribution in [3.63, 3.8) is 0 Å². The highest BCUT2D eigenvalue weighted by molar-refractivity contribution is 14.1. The standard InChI is InChI=1S/C15H16I2O4/c1-3-20-14(18)11(15(19)21-4-2)13(17)12(16)10-8-6-5-7-9-10/h5-9,11H,3-4H2,1-2H3/b13-12+. The van der Waals surface area contributed by atoms with Crippen molar-refractivity contribution in [3.05, 3.63) is 39.5 Å². The molecular formula is C15H16I2O4. The van der Waals surface area contributed by atoms with Gasteiger partial charge >= 0.3 is 11.9 Å². The van der Waals surface area contributed by atoms with E-state index in [0.29, 0.717) is 3.58 Å². The topological polar surface area (TPSA) is 52.6 Å². The number of ether oxygens (including phenoxy) is 2. The molecule has 0 atom stereocenters. The number of hydrogen-bond donors (Lipinski definition) is 0. The normalized spacial score (nSPS) is 11.9. The lowest BCUT2D eigenvalue weighted by atomic mass is 10.1. The molecule has 0 fully saturated rings. The summed E-state index contributed by atoms with van der Waals surface area (Å²) in [7, 11) is 0. The third-order valence-corrected chi connectivity index (χ3v) is 5.93. The molecule has 1 aromatic rings. The Morgan fingerprint density at radius 1 is 1.00 bits per heavy atom. The Bertz CT molecular complexity index is 508. The van der Waals surface area contributed by atoms with Gasteiger partial charge in [-0.25, -0.2) is 0 Å². The molecule has 0 aliphatic carbocycles. The molecule has 0 aliphatic heterocycles. The molecule has 0 aliphatic rings. The summed E-state index contributed by atoms with van der Waals surface area (Å²) in [5, 5.41) is 0. The quantitative estimate of drug-likeness (QED) is 0.328. The predicted octanol–water partition coefficient (Wildman–Crippen LogP) is 3.97. The van der Waals surface area contributed by atoms with Crippen LogP contribution < -0.4 is 0 Å². The summed E-state index contributed by atoms with van der Waals surface area (Å²) in [5.74, 6) is -2.19. The number of hydrogen-bond acceptors (Lipinski definition) is 4. The first kappa shape index (κ1) is 18.4. The minimum Gasteiger partial charge on any atom is -0.465 e. The second kappa shape index (κ2) is 9.39. The van der Waals surface area contributed by atoms with Crippen molar-refractivity contribution in [1.82, 2.24) is 0 Å². The minimum absolute atomic E-state index is 0.223. The molecule has 0 saturated carbocycles. The fraction of sp³-hybridized carbons (Fsp3) is 0.333. The zero-order chi connectivity index (χ0) is 15.8. The van der Waals surface area contributed by atoms with E-state index in [1.807, 2.05) is 52.9 Å². The molecule has 0 heterocycles. The number of benzene rings is 1. The predicted molar refractivity (Wildman–Crippen MR) is 98.2 cm³/mol. The first-order valence-electron chi connectivity index (χ1n) is 6.46. The number of halogens is 2. The summed E-state index contributed by atoms with van der Waals surface area (Å²) in [6, 6.07) is 9.57. The van der Waals surface area contributed by atoms with Crippen LogP contribution in [0.3, 0.4) is 0 Å². The van der Waals surface area contributed by atoms with Crippen molar-refractivity contribution >= 4 is 60.7 Å². The van der Waals surface area contributed by atoms with Gasteiger partial charge in [0.15, 0.2) is 5.92 Å². The van der Waals surface area contributed by atoms with Crippen molar-refractivity contribution in [1.29, 1.82) is 0 Å². The van der Waals surface area contributed by atoms with Gasteiger partial charge in [-0.1, -0.05) is 30.3 Å². The highest BCUT2D eigenvalue weighted by atomic mass is 127. The lowest BCUT2D eigenvalue weighted by Gasteiger charge is -2.15. The molecule has 0 bridgehead atoms. The van der Waals surface area contributed by atoms with Crippen molar-refractivity contribution in [2.24, 2.45) is 5.92 Å². The van der Waals surface area contributed by atoms with E-state index in [1.165, 1.54) is 0 Å². The smallest absolute Gasteiger partial charge is 0.325 e. The van der Waals surface area contributed by atoms with E-state index < -0.39 is 17.9 Å². The monoisotopic (exact) mass is 514 g/mol. The van der Waals surface area contributed by atoms with Gasteiger partial charge in [0.05, 0.1) is 13.2 Å². The molecule has 0 amide bonds. The van der Waals surface area contributed by atoms with E-state index >= 15 is 0 Å². The van der Waals surface area contributed by atoms with Crippen LogP contribution in [0.4, 0.5) is 0 Å². The van der Waals surface area contributed by atoms with Gasteiger partial charge in [-0.2, -0.15) is 0 Å². The van der Waals surface area contributed by atoms with Crippen molar-refractivity contribution < 1.29 is 19.1 Å². The van der Waals surface area contributed by atoms with Crippen LogP contribution in [0.1, 0.15) is 19.4 Å². The average Bonchev–Trinajstić information content (AvgIpc) is 2.48. The van der Waals surface area contributed by atoms with Crippen LogP contribution in [-0.2, 0) is 19.1 Å². The van der Waals surface area contributed by atoms with Crippen LogP contribution >= 0.6 is 45.2 Å². The molecular weight excluding hydrogens is 498 g/mol. The van der Waals surface area contributed by atoms with Gasteiger partial charge < -0.3 is 9.47 Å². The maximum Gasteiger partial charge on any atom is 0.325 e. The molecule has 1 aromatic carbocycles. The summed E-state index contributed by atoms with van der Waals surface area (Å²) >= 11 is 4.14. The van der Waals surface area contributed by atoms with Crippen molar-refractivity contribution in [2.45, 2.75) is 13.8 Å². The molecule has 0 aromatic heterocycles. The minimum atomic E-state index is -1.03. The molecule has 0 unspecified atom stereocenters. The van der Waals surface area contributed by atoms with Crippen LogP contribution in [0.15, 0.2) is 33.9 Å². The van der Waals surface area contributed by atoms with Crippen LogP contribution in [0.2, 0.25) is 0 Å². The Kier molecular flexibility index (Phi) is 8.23. The zero-order valence-corrected chi connectivity index (χ0v) is 16.1. The Morgan fingerprint density at radius 3 is 1.90 bits per heavy atom. The van der Waals surface area contributed by atoms with E-state index in [4.69, 9.17) is 9.47 Å². The number of carbonyl (C=O) groups excluding carboxylic acids is 2. The lowest BCUT2D eigenvalue weighted by molar-refractivity contribution is -0.158. The molecule has 0 saturated heterocycles.